The summed E-state index contributed by atoms with van der Waals surface area (Å²) in [4.78, 5) is 2.19. The second-order valence-corrected chi connectivity index (χ2v) is 8.10. The fraction of sp³-hybridized carbons (Fsp3) is 0.217. The standard InChI is InChI=1S/C23H21FS/c1-16-6-13-23(25-16)21-12-11-20(15-22(21)24)19-9-7-18(8-10-19)14-17-4-2-3-5-17/h2-3,6-13,15,17H,4-5,14H2,1H3. The van der Waals surface area contributed by atoms with E-state index in [1.54, 1.807) is 17.4 Å². The van der Waals surface area contributed by atoms with Gasteiger partial charge in [-0.3, -0.25) is 0 Å². The molecule has 0 aliphatic heterocycles. The van der Waals surface area contributed by atoms with Crippen LogP contribution in [-0.4, -0.2) is 0 Å². The Hall–Kier alpha value is -2.19. The zero-order valence-corrected chi connectivity index (χ0v) is 15.2. The minimum absolute atomic E-state index is 0.152. The molecule has 0 radical (unpaired) electrons. The third-order valence-electron chi connectivity index (χ3n) is 4.89. The van der Waals surface area contributed by atoms with E-state index in [1.807, 2.05) is 31.2 Å². The quantitative estimate of drug-likeness (QED) is 0.444. The van der Waals surface area contributed by atoms with E-state index < -0.39 is 0 Å². The fourth-order valence-corrected chi connectivity index (χ4v) is 4.38. The van der Waals surface area contributed by atoms with Crippen molar-refractivity contribution in [3.63, 3.8) is 0 Å². The van der Waals surface area contributed by atoms with Crippen molar-refractivity contribution in [2.45, 2.75) is 26.2 Å². The zero-order chi connectivity index (χ0) is 17.2. The number of halogens is 1. The molecule has 0 atom stereocenters. The Labute approximate surface area is 152 Å². The first-order valence-electron chi connectivity index (χ1n) is 8.80. The number of hydrogen-bond donors (Lipinski definition) is 0. The molecule has 0 saturated heterocycles. The fourth-order valence-electron chi connectivity index (χ4n) is 3.48. The Bertz CT molecular complexity index is 894. The van der Waals surface area contributed by atoms with E-state index in [0.29, 0.717) is 5.56 Å². The van der Waals surface area contributed by atoms with Crippen molar-refractivity contribution in [2.24, 2.45) is 5.92 Å². The van der Waals surface area contributed by atoms with E-state index in [-0.39, 0.29) is 5.82 Å². The lowest BCUT2D eigenvalue weighted by atomic mass is 9.95. The van der Waals surface area contributed by atoms with Gasteiger partial charge in [0.25, 0.3) is 0 Å². The lowest BCUT2D eigenvalue weighted by molar-refractivity contribution is 0.567. The molecule has 4 rings (SSSR count). The Balaban J connectivity index is 1.54. The molecule has 2 heteroatoms. The first-order chi connectivity index (χ1) is 12.2. The zero-order valence-electron chi connectivity index (χ0n) is 14.3. The van der Waals surface area contributed by atoms with Crippen molar-refractivity contribution < 1.29 is 4.39 Å². The summed E-state index contributed by atoms with van der Waals surface area (Å²) in [5, 5.41) is 0. The summed E-state index contributed by atoms with van der Waals surface area (Å²) in [6, 6.07) is 18.2. The van der Waals surface area contributed by atoms with Gasteiger partial charge in [0.2, 0.25) is 0 Å². The van der Waals surface area contributed by atoms with Gasteiger partial charge in [0.1, 0.15) is 5.82 Å². The number of rotatable bonds is 4. The Kier molecular flexibility index (Phi) is 4.54. The summed E-state index contributed by atoms with van der Waals surface area (Å²) in [6.45, 7) is 2.05. The van der Waals surface area contributed by atoms with E-state index in [9.17, 15) is 4.39 Å². The lowest BCUT2D eigenvalue weighted by Crippen LogP contribution is -1.98. The maximum atomic E-state index is 14.6. The highest BCUT2D eigenvalue weighted by molar-refractivity contribution is 7.15. The van der Waals surface area contributed by atoms with Gasteiger partial charge in [-0.15, -0.1) is 11.3 Å². The van der Waals surface area contributed by atoms with E-state index in [4.69, 9.17) is 0 Å². The Morgan fingerprint density at radius 1 is 0.920 bits per heavy atom. The molecule has 0 bridgehead atoms. The molecule has 25 heavy (non-hydrogen) atoms. The number of thiophene rings is 1. The van der Waals surface area contributed by atoms with Crippen LogP contribution in [0.15, 0.2) is 66.7 Å². The molecule has 1 aliphatic rings. The number of allylic oxidation sites excluding steroid dienone is 2. The monoisotopic (exact) mass is 348 g/mol. The molecule has 0 unspecified atom stereocenters. The van der Waals surface area contributed by atoms with Gasteiger partial charge in [0, 0.05) is 15.3 Å². The summed E-state index contributed by atoms with van der Waals surface area (Å²) in [5.74, 6) is 0.595. The average molecular weight is 348 g/mol. The van der Waals surface area contributed by atoms with Crippen LogP contribution in [0, 0.1) is 18.7 Å². The molecule has 0 nitrogen and oxygen atoms in total. The van der Waals surface area contributed by atoms with Crippen LogP contribution < -0.4 is 0 Å². The first-order valence-corrected chi connectivity index (χ1v) is 9.61. The largest absolute Gasteiger partial charge is 0.206 e. The predicted octanol–water partition coefficient (Wildman–Crippen LogP) is 7.04. The number of hydrogen-bond acceptors (Lipinski definition) is 1. The van der Waals surface area contributed by atoms with Gasteiger partial charge in [0.05, 0.1) is 0 Å². The van der Waals surface area contributed by atoms with Crippen molar-refractivity contribution in [3.8, 4) is 21.6 Å². The Morgan fingerprint density at radius 3 is 2.28 bits per heavy atom. The second-order valence-electron chi connectivity index (χ2n) is 6.81. The van der Waals surface area contributed by atoms with Gasteiger partial charge in [-0.05, 0) is 73.1 Å². The van der Waals surface area contributed by atoms with Crippen LogP contribution in [0.1, 0.15) is 23.3 Å². The van der Waals surface area contributed by atoms with Crippen molar-refractivity contribution >= 4 is 11.3 Å². The van der Waals surface area contributed by atoms with Crippen molar-refractivity contribution in [2.75, 3.05) is 0 Å². The van der Waals surface area contributed by atoms with Crippen LogP contribution in [-0.2, 0) is 6.42 Å². The molecule has 1 heterocycles. The average Bonchev–Trinajstić information content (AvgIpc) is 3.27. The topological polar surface area (TPSA) is 0 Å². The Morgan fingerprint density at radius 2 is 1.64 bits per heavy atom. The highest BCUT2D eigenvalue weighted by Crippen LogP contribution is 2.32. The van der Waals surface area contributed by atoms with E-state index in [2.05, 4.69) is 36.4 Å². The third-order valence-corrected chi connectivity index (χ3v) is 5.93. The molecule has 2 aromatic carbocycles. The van der Waals surface area contributed by atoms with Gasteiger partial charge < -0.3 is 0 Å². The SMILES string of the molecule is Cc1ccc(-c2ccc(-c3ccc(CC4CC=CC4)cc3)cc2F)s1. The first kappa shape index (κ1) is 16.3. The summed E-state index contributed by atoms with van der Waals surface area (Å²) in [5.41, 5.74) is 4.06. The van der Waals surface area contributed by atoms with E-state index in [1.165, 1.54) is 23.3 Å². The van der Waals surface area contributed by atoms with Crippen molar-refractivity contribution in [3.05, 3.63) is 83.0 Å². The molecule has 0 fully saturated rings. The molecule has 1 aliphatic carbocycles. The molecule has 3 aromatic rings. The normalized spacial score (nSPS) is 14.3. The maximum Gasteiger partial charge on any atom is 0.132 e. The van der Waals surface area contributed by atoms with Crippen LogP contribution >= 0.6 is 11.3 Å². The van der Waals surface area contributed by atoms with Crippen LogP contribution in [0.2, 0.25) is 0 Å². The molecular formula is C23H21FS. The third kappa shape index (κ3) is 3.59. The summed E-state index contributed by atoms with van der Waals surface area (Å²) >= 11 is 1.63. The van der Waals surface area contributed by atoms with Gasteiger partial charge in [0.15, 0.2) is 0 Å². The van der Waals surface area contributed by atoms with Crippen LogP contribution in [0.4, 0.5) is 4.39 Å². The van der Waals surface area contributed by atoms with Gasteiger partial charge >= 0.3 is 0 Å². The summed E-state index contributed by atoms with van der Waals surface area (Å²) in [6.07, 6.45) is 8.06. The lowest BCUT2D eigenvalue weighted by Gasteiger charge is -2.10. The van der Waals surface area contributed by atoms with Gasteiger partial charge in [-0.25, -0.2) is 4.39 Å². The van der Waals surface area contributed by atoms with Crippen LogP contribution in [0.25, 0.3) is 21.6 Å². The molecule has 0 N–H and O–H groups in total. The van der Waals surface area contributed by atoms with Gasteiger partial charge in [-0.1, -0.05) is 42.5 Å². The predicted molar refractivity (Wildman–Crippen MR) is 105 cm³/mol. The second kappa shape index (κ2) is 6.97. The van der Waals surface area contributed by atoms with E-state index in [0.717, 1.165) is 28.3 Å². The molecule has 0 spiro atoms. The smallest absolute Gasteiger partial charge is 0.132 e. The molecule has 0 amide bonds. The van der Waals surface area contributed by atoms with E-state index >= 15 is 0 Å². The minimum Gasteiger partial charge on any atom is -0.206 e. The summed E-state index contributed by atoms with van der Waals surface area (Å²) < 4.78 is 14.6. The number of aryl methyl sites for hydroxylation is 1. The molecule has 126 valence electrons. The summed E-state index contributed by atoms with van der Waals surface area (Å²) in [7, 11) is 0. The highest BCUT2D eigenvalue weighted by atomic mass is 32.1. The van der Waals surface area contributed by atoms with Crippen LogP contribution in [0.3, 0.4) is 0 Å². The van der Waals surface area contributed by atoms with Crippen molar-refractivity contribution in [1.29, 1.82) is 0 Å². The van der Waals surface area contributed by atoms with Crippen molar-refractivity contribution in [1.82, 2.24) is 0 Å². The van der Waals surface area contributed by atoms with Crippen LogP contribution in [0.5, 0.6) is 0 Å². The highest BCUT2D eigenvalue weighted by Gasteiger charge is 2.12. The molecule has 1 aromatic heterocycles. The molecule has 0 saturated carbocycles. The number of benzene rings is 2. The minimum atomic E-state index is -0.152. The van der Waals surface area contributed by atoms with Gasteiger partial charge in [-0.2, -0.15) is 0 Å². The molecular weight excluding hydrogens is 327 g/mol. The maximum absolute atomic E-state index is 14.6.